The Morgan fingerprint density at radius 3 is 2.61 bits per heavy atom. The van der Waals surface area contributed by atoms with Gasteiger partial charge < -0.3 is 15.4 Å². The highest BCUT2D eigenvalue weighted by molar-refractivity contribution is 7.21. The maximum atomic E-state index is 6.32. The molecule has 0 unspecified atom stereocenters. The largest absolute Gasteiger partial charge is 0.491 e. The first-order valence-electron chi connectivity index (χ1n) is 13.4. The van der Waals surface area contributed by atoms with Crippen LogP contribution in [0.15, 0.2) is 24.4 Å². The number of nitrogens with two attached hydrogens (primary N) is 1. The van der Waals surface area contributed by atoms with E-state index in [-0.39, 0.29) is 5.41 Å². The summed E-state index contributed by atoms with van der Waals surface area (Å²) in [7, 11) is 0. The molecule has 0 bridgehead atoms. The first-order valence-corrected chi connectivity index (χ1v) is 14.2. The standard InChI is InChI=1S/C30H38N6OS/c1-17(2)25-19(4)33-24(8-9-30(5,6)7)35-27(25)36-10-11-37-26-18(3)12-20(13-22(26)16-36)21-14-23-28(32-15-21)38-29(31)34-23/h12-15,17H,8-11,16H2,1-7H3,(H2,31,34). The lowest BCUT2D eigenvalue weighted by atomic mass is 9.90. The topological polar surface area (TPSA) is 90.0 Å². The predicted molar refractivity (Wildman–Crippen MR) is 157 cm³/mol. The van der Waals surface area contributed by atoms with Crippen LogP contribution in [0, 0.1) is 19.3 Å². The molecule has 1 aromatic carbocycles. The molecule has 4 aromatic rings. The second-order valence-corrected chi connectivity index (χ2v) is 12.8. The summed E-state index contributed by atoms with van der Waals surface area (Å²) in [5.74, 6) is 3.25. The van der Waals surface area contributed by atoms with Crippen molar-refractivity contribution in [2.24, 2.45) is 5.41 Å². The van der Waals surface area contributed by atoms with Crippen LogP contribution in [0.1, 0.15) is 75.2 Å². The maximum Gasteiger partial charge on any atom is 0.182 e. The van der Waals surface area contributed by atoms with Crippen LogP contribution in [0.2, 0.25) is 0 Å². The van der Waals surface area contributed by atoms with E-state index in [0.717, 1.165) is 81.6 Å². The number of fused-ring (bicyclic) bond motifs is 2. The van der Waals surface area contributed by atoms with Gasteiger partial charge in [0.1, 0.15) is 34.3 Å². The monoisotopic (exact) mass is 530 g/mol. The summed E-state index contributed by atoms with van der Waals surface area (Å²) in [6, 6.07) is 6.47. The van der Waals surface area contributed by atoms with Crippen molar-refractivity contribution in [3.05, 3.63) is 52.6 Å². The molecular formula is C30H38N6OS. The molecule has 0 amide bonds. The Labute approximate surface area is 229 Å². The number of nitrogens with zero attached hydrogens (tertiary/aromatic N) is 5. The number of aromatic nitrogens is 4. The molecule has 8 heteroatoms. The van der Waals surface area contributed by atoms with Gasteiger partial charge in [-0.25, -0.2) is 19.9 Å². The molecule has 0 fully saturated rings. The molecule has 0 aliphatic carbocycles. The van der Waals surface area contributed by atoms with Gasteiger partial charge in [-0.1, -0.05) is 46.0 Å². The van der Waals surface area contributed by atoms with E-state index in [9.17, 15) is 0 Å². The van der Waals surface area contributed by atoms with Crippen LogP contribution in [0.4, 0.5) is 10.9 Å². The van der Waals surface area contributed by atoms with Crippen molar-refractivity contribution in [3.8, 4) is 16.9 Å². The third-order valence-electron chi connectivity index (χ3n) is 7.06. The predicted octanol–water partition coefficient (Wildman–Crippen LogP) is 6.85. The van der Waals surface area contributed by atoms with Gasteiger partial charge in [-0.15, -0.1) is 0 Å². The van der Waals surface area contributed by atoms with E-state index in [2.05, 4.69) is 81.5 Å². The summed E-state index contributed by atoms with van der Waals surface area (Å²) in [4.78, 5) is 22.4. The van der Waals surface area contributed by atoms with Crippen LogP contribution in [-0.2, 0) is 13.0 Å². The molecule has 200 valence electrons. The Hall–Kier alpha value is -3.26. The third kappa shape index (κ3) is 5.46. The van der Waals surface area contributed by atoms with Gasteiger partial charge in [-0.05, 0) is 60.9 Å². The molecule has 38 heavy (non-hydrogen) atoms. The zero-order valence-corrected chi connectivity index (χ0v) is 24.4. The lowest BCUT2D eigenvalue weighted by Gasteiger charge is -2.27. The van der Waals surface area contributed by atoms with Gasteiger partial charge >= 0.3 is 0 Å². The number of aryl methyl sites for hydroxylation is 3. The van der Waals surface area contributed by atoms with E-state index in [0.29, 0.717) is 17.7 Å². The van der Waals surface area contributed by atoms with Crippen LogP contribution in [-0.4, -0.2) is 33.1 Å². The summed E-state index contributed by atoms with van der Waals surface area (Å²) in [6.07, 6.45) is 3.82. The van der Waals surface area contributed by atoms with Crippen molar-refractivity contribution >= 4 is 32.6 Å². The molecule has 0 saturated heterocycles. The van der Waals surface area contributed by atoms with E-state index < -0.39 is 0 Å². The lowest BCUT2D eigenvalue weighted by Crippen LogP contribution is -2.28. The molecule has 1 aliphatic rings. The molecule has 0 radical (unpaired) electrons. The van der Waals surface area contributed by atoms with Crippen LogP contribution in [0.25, 0.3) is 21.5 Å². The highest BCUT2D eigenvalue weighted by atomic mass is 32.1. The Bertz CT molecular complexity index is 1490. The SMILES string of the molecule is Cc1cc(-c2cnc3sc(N)nc3c2)cc2c1OCCN(c1nc(CCC(C)(C)C)nc(C)c1C(C)C)C2. The second-order valence-electron chi connectivity index (χ2n) is 11.8. The van der Waals surface area contributed by atoms with E-state index in [1.165, 1.54) is 16.9 Å². The zero-order chi connectivity index (χ0) is 27.2. The number of thiazole rings is 1. The highest BCUT2D eigenvalue weighted by Gasteiger charge is 2.25. The number of rotatable bonds is 5. The first-order chi connectivity index (χ1) is 18.0. The van der Waals surface area contributed by atoms with Crippen molar-refractivity contribution in [2.45, 2.75) is 73.8 Å². The van der Waals surface area contributed by atoms with Gasteiger partial charge in [-0.3, -0.25) is 0 Å². The van der Waals surface area contributed by atoms with Gasteiger partial charge in [-0.2, -0.15) is 0 Å². The molecule has 0 spiro atoms. The second kappa shape index (κ2) is 10.1. The Morgan fingerprint density at radius 1 is 1.08 bits per heavy atom. The smallest absolute Gasteiger partial charge is 0.182 e. The molecule has 0 atom stereocenters. The number of hydrogen-bond acceptors (Lipinski definition) is 8. The average Bonchev–Trinajstić information content (AvgIpc) is 3.06. The Kier molecular flexibility index (Phi) is 7.03. The van der Waals surface area contributed by atoms with Crippen LogP contribution in [0.3, 0.4) is 0 Å². The number of benzene rings is 1. The molecule has 5 rings (SSSR count). The maximum absolute atomic E-state index is 6.32. The quantitative estimate of drug-likeness (QED) is 0.302. The van der Waals surface area contributed by atoms with Gasteiger partial charge in [0.25, 0.3) is 0 Å². The summed E-state index contributed by atoms with van der Waals surface area (Å²) < 4.78 is 6.32. The van der Waals surface area contributed by atoms with Crippen molar-refractivity contribution in [3.63, 3.8) is 0 Å². The molecule has 3 aromatic heterocycles. The highest BCUT2D eigenvalue weighted by Crippen LogP contribution is 2.37. The number of ether oxygens (including phenoxy) is 1. The third-order valence-corrected chi connectivity index (χ3v) is 7.86. The van der Waals surface area contributed by atoms with E-state index in [1.54, 1.807) is 0 Å². The first kappa shape index (κ1) is 26.4. The fourth-order valence-corrected chi connectivity index (χ4v) is 5.85. The minimum atomic E-state index is 0.236. The van der Waals surface area contributed by atoms with Crippen LogP contribution >= 0.6 is 11.3 Å². The molecule has 1 aliphatic heterocycles. The Morgan fingerprint density at radius 2 is 1.87 bits per heavy atom. The van der Waals surface area contributed by atoms with Gasteiger partial charge in [0, 0.05) is 41.5 Å². The molecule has 0 saturated carbocycles. The normalized spacial score (nSPS) is 14.1. The minimum absolute atomic E-state index is 0.236. The molecule has 2 N–H and O–H groups in total. The fourth-order valence-electron chi connectivity index (χ4n) is 5.20. The summed E-state index contributed by atoms with van der Waals surface area (Å²) >= 11 is 1.41. The molecule has 7 nitrogen and oxygen atoms in total. The van der Waals surface area contributed by atoms with Crippen LogP contribution < -0.4 is 15.4 Å². The van der Waals surface area contributed by atoms with Crippen molar-refractivity contribution < 1.29 is 4.74 Å². The summed E-state index contributed by atoms with van der Waals surface area (Å²) in [5.41, 5.74) is 13.7. The van der Waals surface area contributed by atoms with Crippen molar-refractivity contribution in [1.29, 1.82) is 0 Å². The zero-order valence-electron chi connectivity index (χ0n) is 23.6. The van der Waals surface area contributed by atoms with Gasteiger partial charge in [0.05, 0.1) is 6.54 Å². The van der Waals surface area contributed by atoms with Crippen LogP contribution in [0.5, 0.6) is 5.75 Å². The number of pyridine rings is 1. The van der Waals surface area contributed by atoms with Gasteiger partial charge in [0.2, 0.25) is 0 Å². The minimum Gasteiger partial charge on any atom is -0.491 e. The number of hydrogen-bond donors (Lipinski definition) is 1. The lowest BCUT2D eigenvalue weighted by molar-refractivity contribution is 0.329. The van der Waals surface area contributed by atoms with Gasteiger partial charge in [0.15, 0.2) is 5.13 Å². The van der Waals surface area contributed by atoms with Crippen molar-refractivity contribution in [1.82, 2.24) is 19.9 Å². The van der Waals surface area contributed by atoms with E-state index in [1.807, 2.05) is 6.20 Å². The number of anilines is 2. The molecular weight excluding hydrogens is 492 g/mol. The summed E-state index contributed by atoms with van der Waals surface area (Å²) in [5, 5.41) is 0.537. The molecule has 4 heterocycles. The van der Waals surface area contributed by atoms with Crippen molar-refractivity contribution in [2.75, 3.05) is 23.8 Å². The average molecular weight is 531 g/mol. The van der Waals surface area contributed by atoms with E-state index >= 15 is 0 Å². The van der Waals surface area contributed by atoms with E-state index in [4.69, 9.17) is 20.4 Å². The number of nitrogen functional groups attached to an aromatic ring is 1. The summed E-state index contributed by atoms with van der Waals surface area (Å²) in [6.45, 7) is 17.6. The Balaban J connectivity index is 1.54. The fraction of sp³-hybridized carbons (Fsp3) is 0.467.